The third-order valence-electron chi connectivity index (χ3n) is 2.32. The highest BCUT2D eigenvalue weighted by Crippen LogP contribution is 2.18. The van der Waals surface area contributed by atoms with E-state index in [9.17, 15) is 9.18 Å². The number of halogens is 2. The molecule has 0 radical (unpaired) electrons. The summed E-state index contributed by atoms with van der Waals surface area (Å²) in [5, 5.41) is 2.66. The van der Waals surface area contributed by atoms with E-state index in [0.29, 0.717) is 25.9 Å². The largest absolute Gasteiger partial charge is 0.494 e. The van der Waals surface area contributed by atoms with Crippen LogP contribution in [0.1, 0.15) is 12.0 Å². The molecule has 0 aliphatic rings. The van der Waals surface area contributed by atoms with Crippen LogP contribution in [-0.2, 0) is 11.2 Å². The molecule has 0 bridgehead atoms. The van der Waals surface area contributed by atoms with Gasteiger partial charge in [-0.2, -0.15) is 0 Å². The van der Waals surface area contributed by atoms with Crippen molar-refractivity contribution in [3.63, 3.8) is 0 Å². The van der Waals surface area contributed by atoms with Crippen LogP contribution in [0.2, 0.25) is 0 Å². The molecule has 0 unspecified atom stereocenters. The van der Waals surface area contributed by atoms with Gasteiger partial charge in [0.05, 0.1) is 7.11 Å². The Hall–Kier alpha value is -1.33. The smallest absolute Gasteiger partial charge is 0.220 e. The predicted octanol–water partition coefficient (Wildman–Crippen LogP) is 1.26. The van der Waals surface area contributed by atoms with Crippen molar-refractivity contribution in [3.8, 4) is 5.75 Å². The van der Waals surface area contributed by atoms with Gasteiger partial charge in [-0.05, 0) is 24.1 Å². The zero-order valence-electron chi connectivity index (χ0n) is 10.2. The molecule has 0 aliphatic carbocycles. The Bertz CT molecular complexity index is 388. The standard InChI is InChI=1S/C12H17FN2O2.ClH/c1-17-11-4-2-9(8-10(11)13)3-5-12(16)15-7-6-14;/h2,4,8H,3,5-7,14H2,1H3,(H,15,16);1H. The number of carbonyl (C=O) groups excluding carboxylic acids is 1. The number of nitrogens with one attached hydrogen (secondary N) is 1. The lowest BCUT2D eigenvalue weighted by Crippen LogP contribution is -2.29. The summed E-state index contributed by atoms with van der Waals surface area (Å²) < 4.78 is 18.1. The molecule has 0 saturated carbocycles. The van der Waals surface area contributed by atoms with Crippen molar-refractivity contribution in [2.75, 3.05) is 20.2 Å². The minimum absolute atomic E-state index is 0. The summed E-state index contributed by atoms with van der Waals surface area (Å²) >= 11 is 0. The number of ether oxygens (including phenoxy) is 1. The first-order chi connectivity index (χ1) is 8.17. The first-order valence-electron chi connectivity index (χ1n) is 5.46. The van der Waals surface area contributed by atoms with Crippen LogP contribution in [0.4, 0.5) is 4.39 Å². The molecule has 102 valence electrons. The predicted molar refractivity (Wildman–Crippen MR) is 70.6 cm³/mol. The lowest BCUT2D eigenvalue weighted by Gasteiger charge is -2.06. The van der Waals surface area contributed by atoms with Crippen LogP contribution in [0.3, 0.4) is 0 Å². The molecule has 6 heteroatoms. The molecular weight excluding hydrogens is 259 g/mol. The number of hydrogen-bond donors (Lipinski definition) is 2. The van der Waals surface area contributed by atoms with Gasteiger partial charge in [-0.15, -0.1) is 12.4 Å². The summed E-state index contributed by atoms with van der Waals surface area (Å²) in [6.07, 6.45) is 0.823. The number of amides is 1. The Kier molecular flexibility index (Phi) is 8.07. The average molecular weight is 277 g/mol. The van der Waals surface area contributed by atoms with Crippen molar-refractivity contribution >= 4 is 18.3 Å². The third kappa shape index (κ3) is 5.33. The highest BCUT2D eigenvalue weighted by molar-refractivity contribution is 5.85. The van der Waals surface area contributed by atoms with E-state index >= 15 is 0 Å². The van der Waals surface area contributed by atoms with E-state index in [4.69, 9.17) is 10.5 Å². The van der Waals surface area contributed by atoms with Gasteiger partial charge in [0, 0.05) is 19.5 Å². The molecule has 0 aromatic heterocycles. The summed E-state index contributed by atoms with van der Waals surface area (Å²) in [6, 6.07) is 4.69. The van der Waals surface area contributed by atoms with Crippen molar-refractivity contribution in [2.24, 2.45) is 5.73 Å². The molecule has 0 atom stereocenters. The Labute approximate surface area is 112 Å². The summed E-state index contributed by atoms with van der Waals surface area (Å²) in [6.45, 7) is 0.888. The fourth-order valence-electron chi connectivity index (χ4n) is 1.42. The molecule has 4 nitrogen and oxygen atoms in total. The fourth-order valence-corrected chi connectivity index (χ4v) is 1.42. The van der Waals surface area contributed by atoms with Crippen LogP contribution in [-0.4, -0.2) is 26.1 Å². The minimum Gasteiger partial charge on any atom is -0.494 e. The van der Waals surface area contributed by atoms with Crippen LogP contribution in [0.15, 0.2) is 18.2 Å². The maximum absolute atomic E-state index is 13.3. The number of nitrogens with two attached hydrogens (primary N) is 1. The fraction of sp³-hybridized carbons (Fsp3) is 0.417. The molecule has 0 heterocycles. The van der Waals surface area contributed by atoms with E-state index < -0.39 is 5.82 Å². The van der Waals surface area contributed by atoms with Gasteiger partial charge in [-0.3, -0.25) is 4.79 Å². The summed E-state index contributed by atoms with van der Waals surface area (Å²) in [5.41, 5.74) is 6.03. The molecular formula is C12H18ClFN2O2. The maximum Gasteiger partial charge on any atom is 0.220 e. The second kappa shape index (κ2) is 8.72. The zero-order chi connectivity index (χ0) is 12.7. The first kappa shape index (κ1) is 16.7. The maximum atomic E-state index is 13.3. The average Bonchev–Trinajstić information content (AvgIpc) is 2.34. The monoisotopic (exact) mass is 276 g/mol. The molecule has 0 fully saturated rings. The van der Waals surface area contributed by atoms with Gasteiger partial charge >= 0.3 is 0 Å². The van der Waals surface area contributed by atoms with Gasteiger partial charge in [-0.25, -0.2) is 4.39 Å². The highest BCUT2D eigenvalue weighted by atomic mass is 35.5. The highest BCUT2D eigenvalue weighted by Gasteiger charge is 2.05. The van der Waals surface area contributed by atoms with Crippen LogP contribution in [0.25, 0.3) is 0 Å². The van der Waals surface area contributed by atoms with Gasteiger partial charge in [0.15, 0.2) is 11.6 Å². The molecule has 3 N–H and O–H groups in total. The summed E-state index contributed by atoms with van der Waals surface area (Å²) in [7, 11) is 1.42. The summed E-state index contributed by atoms with van der Waals surface area (Å²) in [5.74, 6) is -0.277. The SMILES string of the molecule is COc1ccc(CCC(=O)NCCN)cc1F.Cl. The number of aryl methyl sites for hydroxylation is 1. The first-order valence-corrected chi connectivity index (χ1v) is 5.46. The van der Waals surface area contributed by atoms with E-state index in [1.165, 1.54) is 13.2 Å². The Morgan fingerprint density at radius 2 is 2.22 bits per heavy atom. The molecule has 1 aromatic carbocycles. The topological polar surface area (TPSA) is 64.3 Å². The van der Waals surface area contributed by atoms with Gasteiger partial charge in [0.25, 0.3) is 0 Å². The molecule has 1 aromatic rings. The molecule has 1 rings (SSSR count). The number of benzene rings is 1. The Balaban J connectivity index is 0.00000289. The van der Waals surface area contributed by atoms with Gasteiger partial charge in [-0.1, -0.05) is 6.07 Å². The second-order valence-electron chi connectivity index (χ2n) is 3.61. The third-order valence-corrected chi connectivity index (χ3v) is 2.32. The van der Waals surface area contributed by atoms with Crippen LogP contribution in [0.5, 0.6) is 5.75 Å². The lowest BCUT2D eigenvalue weighted by molar-refractivity contribution is -0.120. The molecule has 0 saturated heterocycles. The number of carbonyl (C=O) groups is 1. The van der Waals surface area contributed by atoms with Gasteiger partial charge in [0.2, 0.25) is 5.91 Å². The van der Waals surface area contributed by atoms with Gasteiger partial charge in [0.1, 0.15) is 0 Å². The molecule has 0 spiro atoms. The second-order valence-corrected chi connectivity index (χ2v) is 3.61. The minimum atomic E-state index is -0.410. The number of hydrogen-bond acceptors (Lipinski definition) is 3. The van der Waals surface area contributed by atoms with Crippen molar-refractivity contribution in [2.45, 2.75) is 12.8 Å². The number of rotatable bonds is 6. The molecule has 18 heavy (non-hydrogen) atoms. The Morgan fingerprint density at radius 3 is 2.78 bits per heavy atom. The van der Waals surface area contributed by atoms with Crippen molar-refractivity contribution in [3.05, 3.63) is 29.6 Å². The lowest BCUT2D eigenvalue weighted by atomic mass is 10.1. The van der Waals surface area contributed by atoms with E-state index in [0.717, 1.165) is 5.56 Å². The van der Waals surface area contributed by atoms with Crippen molar-refractivity contribution < 1.29 is 13.9 Å². The van der Waals surface area contributed by atoms with Crippen LogP contribution in [0, 0.1) is 5.82 Å². The van der Waals surface area contributed by atoms with E-state index in [2.05, 4.69) is 5.32 Å². The molecule has 1 amide bonds. The van der Waals surface area contributed by atoms with Crippen LogP contribution >= 0.6 is 12.4 Å². The van der Waals surface area contributed by atoms with Crippen molar-refractivity contribution in [1.29, 1.82) is 0 Å². The zero-order valence-corrected chi connectivity index (χ0v) is 11.1. The van der Waals surface area contributed by atoms with E-state index in [1.54, 1.807) is 12.1 Å². The Morgan fingerprint density at radius 1 is 1.50 bits per heavy atom. The number of methoxy groups -OCH3 is 1. The normalized spacial score (nSPS) is 9.50. The van der Waals surface area contributed by atoms with Crippen molar-refractivity contribution in [1.82, 2.24) is 5.32 Å². The molecule has 0 aliphatic heterocycles. The quantitative estimate of drug-likeness (QED) is 0.822. The van der Waals surface area contributed by atoms with E-state index in [1.807, 2.05) is 0 Å². The van der Waals surface area contributed by atoms with E-state index in [-0.39, 0.29) is 24.1 Å². The van der Waals surface area contributed by atoms with Gasteiger partial charge < -0.3 is 15.8 Å². The van der Waals surface area contributed by atoms with Crippen LogP contribution < -0.4 is 15.8 Å². The summed E-state index contributed by atoms with van der Waals surface area (Å²) in [4.78, 5) is 11.3.